The summed E-state index contributed by atoms with van der Waals surface area (Å²) in [4.78, 5) is 22.2. The number of carboxylic acid groups (broad SMARTS) is 1. The lowest BCUT2D eigenvalue weighted by atomic mass is 10.4. The predicted octanol–water partition coefficient (Wildman–Crippen LogP) is 0.468. The summed E-state index contributed by atoms with van der Waals surface area (Å²) < 4.78 is 1.47. The molecule has 1 N–H and O–H groups in total. The summed E-state index contributed by atoms with van der Waals surface area (Å²) >= 11 is 5.67. The molecule has 0 fully saturated rings. The number of rotatable bonds is 3. The highest BCUT2D eigenvalue weighted by Gasteiger charge is 2.09. The average Bonchev–Trinajstić information content (AvgIpc) is 2.69. The summed E-state index contributed by atoms with van der Waals surface area (Å²) in [7, 11) is 0. The molecule has 0 unspecified atom stereocenters. The topological polar surface area (TPSA) is 93.8 Å². The first-order valence-corrected chi connectivity index (χ1v) is 4.62. The van der Waals surface area contributed by atoms with Gasteiger partial charge in [0.2, 0.25) is 0 Å². The Bertz CT molecular complexity index is 513. The van der Waals surface area contributed by atoms with Crippen molar-refractivity contribution in [2.75, 3.05) is 0 Å². The summed E-state index contributed by atoms with van der Waals surface area (Å²) in [5.74, 6) is -0.875. The van der Waals surface area contributed by atoms with E-state index in [9.17, 15) is 4.79 Å². The van der Waals surface area contributed by atoms with Crippen molar-refractivity contribution in [3.05, 3.63) is 35.4 Å². The first-order chi connectivity index (χ1) is 7.65. The molecule has 0 saturated heterocycles. The molecule has 2 aromatic rings. The first-order valence-electron chi connectivity index (χ1n) is 4.24. The van der Waals surface area contributed by atoms with Crippen molar-refractivity contribution in [1.29, 1.82) is 0 Å². The van der Waals surface area contributed by atoms with E-state index in [0.717, 1.165) is 0 Å². The van der Waals surface area contributed by atoms with Crippen LogP contribution in [0.15, 0.2) is 18.7 Å². The molecule has 0 bridgehead atoms. The summed E-state index contributed by atoms with van der Waals surface area (Å²) in [5.41, 5.74) is -0.143. The molecular formula is C8H6ClN5O2. The highest BCUT2D eigenvalue weighted by molar-refractivity contribution is 6.29. The Morgan fingerprint density at radius 1 is 1.50 bits per heavy atom. The quantitative estimate of drug-likeness (QED) is 0.783. The number of halogens is 1. The smallest absolute Gasteiger partial charge is 0.354 e. The number of carboxylic acids is 1. The molecule has 0 atom stereocenters. The highest BCUT2D eigenvalue weighted by Crippen LogP contribution is 2.08. The van der Waals surface area contributed by atoms with Gasteiger partial charge in [0.25, 0.3) is 0 Å². The van der Waals surface area contributed by atoms with Crippen LogP contribution in [0.2, 0.25) is 5.15 Å². The van der Waals surface area contributed by atoms with Crippen molar-refractivity contribution >= 4 is 17.6 Å². The molecule has 16 heavy (non-hydrogen) atoms. The fourth-order valence-electron chi connectivity index (χ4n) is 1.10. The molecule has 7 nitrogen and oxygen atoms in total. The van der Waals surface area contributed by atoms with Crippen LogP contribution < -0.4 is 0 Å². The monoisotopic (exact) mass is 239 g/mol. The van der Waals surface area contributed by atoms with E-state index >= 15 is 0 Å². The second-order valence-corrected chi connectivity index (χ2v) is 3.28. The van der Waals surface area contributed by atoms with Crippen LogP contribution in [0.5, 0.6) is 0 Å². The molecule has 2 heterocycles. The highest BCUT2D eigenvalue weighted by atomic mass is 35.5. The molecule has 0 radical (unpaired) electrons. The third-order valence-electron chi connectivity index (χ3n) is 1.73. The Balaban J connectivity index is 2.31. The normalized spacial score (nSPS) is 10.3. The van der Waals surface area contributed by atoms with Crippen molar-refractivity contribution in [3.8, 4) is 0 Å². The van der Waals surface area contributed by atoms with Crippen molar-refractivity contribution in [2.24, 2.45) is 0 Å². The van der Waals surface area contributed by atoms with Gasteiger partial charge in [0.15, 0.2) is 11.5 Å². The van der Waals surface area contributed by atoms with Gasteiger partial charge >= 0.3 is 5.97 Å². The summed E-state index contributed by atoms with van der Waals surface area (Å²) in [5, 5.41) is 12.7. The van der Waals surface area contributed by atoms with Crippen LogP contribution in [0.25, 0.3) is 0 Å². The Morgan fingerprint density at radius 3 is 2.94 bits per heavy atom. The third-order valence-corrected chi connectivity index (χ3v) is 1.92. The number of aromatic nitrogens is 5. The van der Waals surface area contributed by atoms with E-state index in [0.29, 0.717) is 0 Å². The van der Waals surface area contributed by atoms with Gasteiger partial charge < -0.3 is 5.11 Å². The van der Waals surface area contributed by atoms with Gasteiger partial charge in [-0.1, -0.05) is 11.6 Å². The number of hydrogen-bond acceptors (Lipinski definition) is 5. The Labute approximate surface area is 94.7 Å². The molecule has 82 valence electrons. The van der Waals surface area contributed by atoms with E-state index < -0.39 is 5.97 Å². The lowest BCUT2D eigenvalue weighted by molar-refractivity contribution is 0.0690. The Hall–Kier alpha value is -2.02. The van der Waals surface area contributed by atoms with Gasteiger partial charge in [0, 0.05) is 6.07 Å². The molecule has 0 aliphatic heterocycles. The largest absolute Gasteiger partial charge is 0.477 e. The maximum Gasteiger partial charge on any atom is 0.354 e. The minimum Gasteiger partial charge on any atom is -0.477 e. The average molecular weight is 240 g/mol. The van der Waals surface area contributed by atoms with E-state index in [-0.39, 0.29) is 23.2 Å². The van der Waals surface area contributed by atoms with Gasteiger partial charge in [-0.15, -0.1) is 0 Å². The number of hydrogen-bond donors (Lipinski definition) is 1. The maximum atomic E-state index is 10.7. The second-order valence-electron chi connectivity index (χ2n) is 2.89. The number of aromatic carboxylic acids is 1. The molecule has 0 saturated carbocycles. The van der Waals surface area contributed by atoms with Gasteiger partial charge in [-0.05, 0) is 0 Å². The maximum absolute atomic E-state index is 10.7. The van der Waals surface area contributed by atoms with Gasteiger partial charge in [0.05, 0.1) is 0 Å². The third kappa shape index (κ3) is 2.31. The van der Waals surface area contributed by atoms with Crippen LogP contribution >= 0.6 is 11.6 Å². The van der Waals surface area contributed by atoms with Gasteiger partial charge in [-0.25, -0.2) is 24.4 Å². The standard InChI is InChI=1S/C8H6ClN5O2/c9-6-1-5(8(15)16)12-7(13-6)2-14-4-10-3-11-14/h1,3-4H,2H2,(H,15,16). The van der Waals surface area contributed by atoms with Crippen LogP contribution in [0.3, 0.4) is 0 Å². The molecule has 0 amide bonds. The summed E-state index contributed by atoms with van der Waals surface area (Å²) in [6.45, 7) is 0.223. The van der Waals surface area contributed by atoms with Crippen molar-refractivity contribution < 1.29 is 9.90 Å². The fraction of sp³-hybridized carbons (Fsp3) is 0.125. The van der Waals surface area contributed by atoms with Crippen LogP contribution in [-0.2, 0) is 6.54 Å². The van der Waals surface area contributed by atoms with Crippen molar-refractivity contribution in [2.45, 2.75) is 6.54 Å². The zero-order valence-corrected chi connectivity index (χ0v) is 8.66. The van der Waals surface area contributed by atoms with Gasteiger partial charge in [-0.3, -0.25) is 0 Å². The molecule has 0 spiro atoms. The second kappa shape index (κ2) is 4.23. The molecular weight excluding hydrogens is 234 g/mol. The van der Waals surface area contributed by atoms with Crippen molar-refractivity contribution in [3.63, 3.8) is 0 Å². The first kappa shape index (κ1) is 10.5. The Kier molecular flexibility index (Phi) is 2.78. The van der Waals surface area contributed by atoms with Crippen molar-refractivity contribution in [1.82, 2.24) is 24.7 Å². The molecule has 2 rings (SSSR count). The van der Waals surface area contributed by atoms with Gasteiger partial charge in [-0.2, -0.15) is 5.10 Å². The minimum absolute atomic E-state index is 0.0857. The SMILES string of the molecule is O=C(O)c1cc(Cl)nc(Cn2cncn2)n1. The van der Waals surface area contributed by atoms with E-state index in [1.54, 1.807) is 0 Å². The van der Waals surface area contributed by atoms with Crippen LogP contribution in [0, 0.1) is 0 Å². The van der Waals surface area contributed by atoms with E-state index in [1.807, 2.05) is 0 Å². The fourth-order valence-corrected chi connectivity index (χ4v) is 1.31. The lowest BCUT2D eigenvalue weighted by Crippen LogP contribution is -2.09. The molecule has 8 heteroatoms. The van der Waals surface area contributed by atoms with Crippen LogP contribution in [0.1, 0.15) is 16.3 Å². The van der Waals surface area contributed by atoms with Gasteiger partial charge in [0.1, 0.15) is 24.4 Å². The van der Waals surface area contributed by atoms with Crippen LogP contribution in [0.4, 0.5) is 0 Å². The van der Waals surface area contributed by atoms with E-state index in [1.165, 1.54) is 23.4 Å². The molecule has 0 aliphatic rings. The lowest BCUT2D eigenvalue weighted by Gasteiger charge is -2.01. The van der Waals surface area contributed by atoms with Crippen LogP contribution in [-0.4, -0.2) is 35.8 Å². The van der Waals surface area contributed by atoms with E-state index in [4.69, 9.17) is 16.7 Å². The zero-order valence-electron chi connectivity index (χ0n) is 7.91. The molecule has 0 aliphatic carbocycles. The minimum atomic E-state index is -1.15. The predicted molar refractivity (Wildman–Crippen MR) is 53.1 cm³/mol. The Morgan fingerprint density at radius 2 is 2.31 bits per heavy atom. The van der Waals surface area contributed by atoms with E-state index in [2.05, 4.69) is 20.1 Å². The zero-order chi connectivity index (χ0) is 11.5. The number of nitrogens with zero attached hydrogens (tertiary/aromatic N) is 5. The molecule has 2 aromatic heterocycles. The summed E-state index contributed by atoms with van der Waals surface area (Å²) in [6.07, 6.45) is 2.84. The summed E-state index contributed by atoms with van der Waals surface area (Å²) in [6, 6.07) is 1.19. The molecule has 0 aromatic carbocycles. The number of carbonyl (C=O) groups is 1.